The van der Waals surface area contributed by atoms with Crippen molar-refractivity contribution in [2.24, 2.45) is 0 Å². The normalized spacial score (nSPS) is 22.6. The third kappa shape index (κ3) is 2.82. The first-order valence-corrected chi connectivity index (χ1v) is 6.88. The molecule has 2 aliphatic rings. The lowest BCUT2D eigenvalue weighted by Gasteiger charge is -2.27. The Kier molecular flexibility index (Phi) is 3.95. The van der Waals surface area contributed by atoms with Gasteiger partial charge in [0.05, 0.1) is 13.2 Å². The van der Waals surface area contributed by atoms with Crippen LogP contribution in [0, 0.1) is 5.82 Å². The molecule has 0 aliphatic carbocycles. The number of hydrogen-bond donors (Lipinski definition) is 2. The van der Waals surface area contributed by atoms with Crippen LogP contribution in [0.15, 0.2) is 18.2 Å². The second-order valence-electron chi connectivity index (χ2n) is 5.06. The number of hydrogen-bond acceptors (Lipinski definition) is 4. The van der Waals surface area contributed by atoms with E-state index in [0.717, 1.165) is 45.0 Å². The minimum absolute atomic E-state index is 0.118. The van der Waals surface area contributed by atoms with E-state index >= 15 is 0 Å². The fraction of sp³-hybridized carbons (Fsp3) is 0.500. The van der Waals surface area contributed by atoms with Crippen LogP contribution in [-0.4, -0.2) is 50.2 Å². The summed E-state index contributed by atoms with van der Waals surface area (Å²) in [5.74, 6) is -0.453. The van der Waals surface area contributed by atoms with Gasteiger partial charge < -0.3 is 15.4 Å². The van der Waals surface area contributed by atoms with Crippen molar-refractivity contribution < 1.29 is 13.9 Å². The molecule has 3 rings (SSSR count). The molecule has 0 spiro atoms. The van der Waals surface area contributed by atoms with Gasteiger partial charge in [-0.2, -0.15) is 0 Å². The number of halogens is 1. The average Bonchev–Trinajstić information content (AvgIpc) is 2.75. The molecule has 1 atom stereocenters. The third-order valence-electron chi connectivity index (χ3n) is 3.73. The van der Waals surface area contributed by atoms with Crippen molar-refractivity contribution in [2.75, 3.05) is 44.7 Å². The molecule has 1 unspecified atom stereocenters. The van der Waals surface area contributed by atoms with E-state index in [2.05, 4.69) is 15.5 Å². The van der Waals surface area contributed by atoms with Crippen LogP contribution in [0.5, 0.6) is 0 Å². The van der Waals surface area contributed by atoms with Crippen LogP contribution in [-0.2, 0) is 9.53 Å². The Bertz CT molecular complexity index is 503. The summed E-state index contributed by atoms with van der Waals surface area (Å²) in [4.78, 5) is 14.2. The smallest absolute Gasteiger partial charge is 0.246 e. The Morgan fingerprint density at radius 2 is 2.20 bits per heavy atom. The summed E-state index contributed by atoms with van der Waals surface area (Å²) in [6.45, 7) is 5.00. The minimum atomic E-state index is -0.383. The van der Waals surface area contributed by atoms with Crippen molar-refractivity contribution in [3.05, 3.63) is 29.6 Å². The highest BCUT2D eigenvalue weighted by atomic mass is 19.1. The van der Waals surface area contributed by atoms with E-state index in [1.54, 1.807) is 6.07 Å². The highest BCUT2D eigenvalue weighted by Gasteiger charge is 2.30. The van der Waals surface area contributed by atoms with E-state index in [1.165, 1.54) is 12.1 Å². The number of rotatable bonds is 4. The maximum absolute atomic E-state index is 13.1. The zero-order valence-corrected chi connectivity index (χ0v) is 11.2. The van der Waals surface area contributed by atoms with E-state index in [4.69, 9.17) is 4.74 Å². The molecule has 5 nitrogen and oxygen atoms in total. The second-order valence-corrected chi connectivity index (χ2v) is 5.06. The average molecular weight is 279 g/mol. The van der Waals surface area contributed by atoms with E-state index in [0.29, 0.717) is 5.69 Å². The van der Waals surface area contributed by atoms with Gasteiger partial charge in [0, 0.05) is 37.4 Å². The van der Waals surface area contributed by atoms with Gasteiger partial charge in [0.15, 0.2) is 0 Å². The summed E-state index contributed by atoms with van der Waals surface area (Å²) in [5.41, 5.74) is 1.39. The first-order valence-electron chi connectivity index (χ1n) is 6.88. The summed E-state index contributed by atoms with van der Waals surface area (Å²) in [6.07, 6.45) is 0. The molecule has 0 radical (unpaired) electrons. The minimum Gasteiger partial charge on any atom is -0.379 e. The number of amides is 1. The van der Waals surface area contributed by atoms with Crippen molar-refractivity contribution in [1.82, 2.24) is 10.2 Å². The van der Waals surface area contributed by atoms with Crippen molar-refractivity contribution >= 4 is 11.6 Å². The van der Waals surface area contributed by atoms with Gasteiger partial charge in [0.2, 0.25) is 5.91 Å². The standard InChI is InChI=1S/C14H18FN3O2/c15-10-1-2-11-12(9-10)17-14(19)13(11)16-3-4-18-5-7-20-8-6-18/h1-2,9,13,16H,3-8H2,(H,17,19). The van der Waals surface area contributed by atoms with E-state index in [9.17, 15) is 9.18 Å². The van der Waals surface area contributed by atoms with Crippen molar-refractivity contribution in [3.63, 3.8) is 0 Å². The number of nitrogens with one attached hydrogen (secondary N) is 2. The van der Waals surface area contributed by atoms with E-state index < -0.39 is 0 Å². The molecule has 0 saturated carbocycles. The zero-order valence-electron chi connectivity index (χ0n) is 11.2. The zero-order chi connectivity index (χ0) is 13.9. The molecule has 2 N–H and O–H groups in total. The summed E-state index contributed by atoms with van der Waals surface area (Å²) in [5, 5.41) is 5.94. The number of carbonyl (C=O) groups is 1. The Hall–Kier alpha value is -1.50. The molecule has 20 heavy (non-hydrogen) atoms. The Balaban J connectivity index is 1.56. The van der Waals surface area contributed by atoms with Crippen molar-refractivity contribution in [3.8, 4) is 0 Å². The molecule has 6 heteroatoms. The van der Waals surface area contributed by atoms with Crippen molar-refractivity contribution in [1.29, 1.82) is 0 Å². The molecular formula is C14H18FN3O2. The number of ether oxygens (including phenoxy) is 1. The third-order valence-corrected chi connectivity index (χ3v) is 3.73. The van der Waals surface area contributed by atoms with Crippen LogP contribution in [0.25, 0.3) is 0 Å². The highest BCUT2D eigenvalue weighted by molar-refractivity contribution is 6.02. The molecule has 0 aromatic heterocycles. The van der Waals surface area contributed by atoms with Gasteiger partial charge >= 0.3 is 0 Å². The van der Waals surface area contributed by atoms with Gasteiger partial charge in [-0.05, 0) is 12.1 Å². The Morgan fingerprint density at radius 3 is 3.00 bits per heavy atom. The number of fused-ring (bicyclic) bond motifs is 1. The predicted molar refractivity (Wildman–Crippen MR) is 73.0 cm³/mol. The lowest BCUT2D eigenvalue weighted by atomic mass is 10.1. The first kappa shape index (κ1) is 13.5. The summed E-state index contributed by atoms with van der Waals surface area (Å²) >= 11 is 0. The number of anilines is 1. The van der Waals surface area contributed by atoms with E-state index in [-0.39, 0.29) is 17.8 Å². The van der Waals surface area contributed by atoms with Crippen molar-refractivity contribution in [2.45, 2.75) is 6.04 Å². The number of nitrogens with zero attached hydrogens (tertiary/aromatic N) is 1. The fourth-order valence-electron chi connectivity index (χ4n) is 2.63. The molecule has 108 valence electrons. The SMILES string of the molecule is O=C1Nc2cc(F)ccc2C1NCCN1CCOCC1. The van der Waals surface area contributed by atoms with Crippen LogP contribution < -0.4 is 10.6 Å². The molecule has 0 bridgehead atoms. The fourth-order valence-corrected chi connectivity index (χ4v) is 2.63. The number of carbonyl (C=O) groups excluding carboxylic acids is 1. The van der Waals surface area contributed by atoms with Gasteiger partial charge in [-0.15, -0.1) is 0 Å². The quantitative estimate of drug-likeness (QED) is 0.853. The van der Waals surface area contributed by atoms with Crippen LogP contribution in [0.2, 0.25) is 0 Å². The van der Waals surface area contributed by atoms with Crippen LogP contribution >= 0.6 is 0 Å². The lowest BCUT2D eigenvalue weighted by molar-refractivity contribution is -0.117. The predicted octanol–water partition coefficient (Wildman–Crippen LogP) is 0.741. The molecule has 2 aliphatic heterocycles. The van der Waals surface area contributed by atoms with Gasteiger partial charge in [-0.1, -0.05) is 6.07 Å². The molecule has 1 saturated heterocycles. The van der Waals surface area contributed by atoms with Gasteiger partial charge in [-0.25, -0.2) is 4.39 Å². The van der Waals surface area contributed by atoms with Crippen LogP contribution in [0.3, 0.4) is 0 Å². The van der Waals surface area contributed by atoms with Crippen LogP contribution in [0.1, 0.15) is 11.6 Å². The molecule has 1 amide bonds. The second kappa shape index (κ2) is 5.87. The maximum Gasteiger partial charge on any atom is 0.246 e. The number of morpholine rings is 1. The lowest BCUT2D eigenvalue weighted by Crippen LogP contribution is -2.41. The Labute approximate surface area is 117 Å². The topological polar surface area (TPSA) is 53.6 Å². The Morgan fingerprint density at radius 1 is 1.40 bits per heavy atom. The van der Waals surface area contributed by atoms with Gasteiger partial charge in [0.1, 0.15) is 11.9 Å². The molecule has 1 aromatic carbocycles. The highest BCUT2D eigenvalue weighted by Crippen LogP contribution is 2.30. The summed E-state index contributed by atoms with van der Waals surface area (Å²) in [7, 11) is 0. The molecule has 1 aromatic rings. The van der Waals surface area contributed by atoms with Crippen LogP contribution in [0.4, 0.5) is 10.1 Å². The monoisotopic (exact) mass is 279 g/mol. The largest absolute Gasteiger partial charge is 0.379 e. The molecule has 2 heterocycles. The first-order chi connectivity index (χ1) is 9.74. The van der Waals surface area contributed by atoms with Gasteiger partial charge in [0.25, 0.3) is 0 Å². The summed E-state index contributed by atoms with van der Waals surface area (Å²) < 4.78 is 18.4. The summed E-state index contributed by atoms with van der Waals surface area (Å²) in [6, 6.07) is 4.02. The van der Waals surface area contributed by atoms with E-state index in [1.807, 2.05) is 0 Å². The van der Waals surface area contributed by atoms with Gasteiger partial charge in [-0.3, -0.25) is 9.69 Å². The molecule has 1 fully saturated rings. The number of benzene rings is 1. The maximum atomic E-state index is 13.1. The molecular weight excluding hydrogens is 261 g/mol.